The number of hydrogen-bond acceptors (Lipinski definition) is 3. The van der Waals surface area contributed by atoms with Crippen LogP contribution in [0, 0.1) is 6.92 Å². The number of aryl methyl sites for hydroxylation is 1. The van der Waals surface area contributed by atoms with Crippen LogP contribution >= 0.6 is 0 Å². The molecule has 0 radical (unpaired) electrons. The minimum Gasteiger partial charge on any atom is -0.357 e. The molecule has 1 aliphatic carbocycles. The third-order valence-corrected chi connectivity index (χ3v) is 6.32. The number of benzene rings is 1. The molecule has 152 valence electrons. The number of pyridine rings is 2. The van der Waals surface area contributed by atoms with E-state index in [4.69, 9.17) is 4.98 Å². The normalized spacial score (nSPS) is 13.5. The van der Waals surface area contributed by atoms with E-state index in [-0.39, 0.29) is 0 Å². The lowest BCUT2D eigenvalue weighted by Crippen LogP contribution is -2.02. The van der Waals surface area contributed by atoms with Crippen molar-refractivity contribution in [2.45, 2.75) is 32.6 Å². The monoisotopic (exact) mass is 405 g/mol. The molecular weight excluding hydrogens is 382 g/mol. The molecule has 6 rings (SSSR count). The van der Waals surface area contributed by atoms with Gasteiger partial charge in [-0.3, -0.25) is 10.1 Å². The van der Waals surface area contributed by atoms with Gasteiger partial charge in [-0.05, 0) is 61.9 Å². The van der Waals surface area contributed by atoms with Crippen LogP contribution in [0.2, 0.25) is 0 Å². The van der Waals surface area contributed by atoms with Crippen LogP contribution in [0.15, 0.2) is 60.9 Å². The average molecular weight is 406 g/mol. The molecule has 1 aromatic carbocycles. The lowest BCUT2D eigenvalue weighted by molar-refractivity contribution is 0.688. The molecule has 4 aromatic heterocycles. The van der Waals surface area contributed by atoms with Gasteiger partial charge in [-0.25, -0.2) is 4.98 Å². The first-order valence-corrected chi connectivity index (χ1v) is 10.8. The van der Waals surface area contributed by atoms with E-state index in [1.807, 2.05) is 36.7 Å². The summed E-state index contributed by atoms with van der Waals surface area (Å²) in [6.07, 6.45) is 8.51. The topological polar surface area (TPSA) is 70.2 Å². The molecule has 0 aliphatic heterocycles. The quantitative estimate of drug-likeness (QED) is 0.394. The van der Waals surface area contributed by atoms with Gasteiger partial charge in [0.1, 0.15) is 0 Å². The zero-order chi connectivity index (χ0) is 20.8. The Balaban J connectivity index is 1.54. The first kappa shape index (κ1) is 18.1. The van der Waals surface area contributed by atoms with E-state index >= 15 is 0 Å². The van der Waals surface area contributed by atoms with E-state index in [1.165, 1.54) is 29.7 Å². The average Bonchev–Trinajstić information content (AvgIpc) is 3.45. The van der Waals surface area contributed by atoms with Crippen molar-refractivity contribution in [2.24, 2.45) is 0 Å². The Bertz CT molecular complexity index is 1390. The molecule has 0 bridgehead atoms. The fourth-order valence-corrected chi connectivity index (χ4v) is 4.78. The van der Waals surface area contributed by atoms with E-state index in [1.54, 1.807) is 0 Å². The summed E-state index contributed by atoms with van der Waals surface area (Å²) in [6, 6.07) is 16.5. The fraction of sp³-hybridized carbons (Fsp3) is 0.192. The minimum atomic E-state index is 0.904. The van der Waals surface area contributed by atoms with Crippen molar-refractivity contribution in [2.75, 3.05) is 0 Å². The summed E-state index contributed by atoms with van der Waals surface area (Å²) in [5.41, 5.74) is 10.1. The van der Waals surface area contributed by atoms with Crippen molar-refractivity contribution in [1.29, 1.82) is 0 Å². The van der Waals surface area contributed by atoms with Crippen LogP contribution in [0.25, 0.3) is 44.8 Å². The van der Waals surface area contributed by atoms with E-state index < -0.39 is 0 Å². The summed E-state index contributed by atoms with van der Waals surface area (Å²) < 4.78 is 0. The molecule has 5 heteroatoms. The Labute approximate surface area is 180 Å². The fourth-order valence-electron chi connectivity index (χ4n) is 4.78. The lowest BCUT2D eigenvalue weighted by atomic mass is 9.91. The van der Waals surface area contributed by atoms with Crippen LogP contribution in [-0.4, -0.2) is 25.1 Å². The standard InChI is InChI=1S/C26H23N5/c1-16-19-9-5-6-10-21(19)26(28-16)23-13-18-15-27-12-11-20(18)25(29-23)24-14-22(30-31-24)17-7-3-2-4-8-17/h2-4,7-8,11-15,28H,5-6,9-10H2,1H3,(H,30,31). The Hall–Kier alpha value is -3.73. The van der Waals surface area contributed by atoms with Gasteiger partial charge in [0.25, 0.3) is 0 Å². The van der Waals surface area contributed by atoms with Crippen LogP contribution in [0.4, 0.5) is 0 Å². The smallest absolute Gasteiger partial charge is 0.0968 e. The number of aromatic amines is 2. The van der Waals surface area contributed by atoms with Crippen LogP contribution in [0.5, 0.6) is 0 Å². The molecule has 0 unspecified atom stereocenters. The number of nitrogens with zero attached hydrogens (tertiary/aromatic N) is 3. The Morgan fingerprint density at radius 3 is 2.61 bits per heavy atom. The number of rotatable bonds is 3. The zero-order valence-corrected chi connectivity index (χ0v) is 17.4. The maximum atomic E-state index is 5.14. The Morgan fingerprint density at radius 1 is 0.903 bits per heavy atom. The van der Waals surface area contributed by atoms with Gasteiger partial charge >= 0.3 is 0 Å². The second kappa shape index (κ2) is 7.20. The van der Waals surface area contributed by atoms with Crippen LogP contribution in [0.3, 0.4) is 0 Å². The third kappa shape index (κ3) is 3.05. The number of nitrogens with one attached hydrogen (secondary N) is 2. The van der Waals surface area contributed by atoms with Crippen LogP contribution < -0.4 is 0 Å². The predicted octanol–water partition coefficient (Wildman–Crippen LogP) is 5.87. The summed E-state index contributed by atoms with van der Waals surface area (Å²) >= 11 is 0. The summed E-state index contributed by atoms with van der Waals surface area (Å²) in [6.45, 7) is 2.18. The van der Waals surface area contributed by atoms with Gasteiger partial charge in [0.2, 0.25) is 0 Å². The van der Waals surface area contributed by atoms with Gasteiger partial charge in [-0.1, -0.05) is 30.3 Å². The van der Waals surface area contributed by atoms with Crippen molar-refractivity contribution >= 4 is 10.8 Å². The molecule has 4 heterocycles. The first-order valence-electron chi connectivity index (χ1n) is 10.8. The van der Waals surface area contributed by atoms with Crippen molar-refractivity contribution in [3.63, 3.8) is 0 Å². The summed E-state index contributed by atoms with van der Waals surface area (Å²) in [5, 5.41) is 9.92. The highest BCUT2D eigenvalue weighted by molar-refractivity contribution is 5.96. The summed E-state index contributed by atoms with van der Waals surface area (Å²) in [5.74, 6) is 0. The van der Waals surface area contributed by atoms with Crippen LogP contribution in [0.1, 0.15) is 29.7 Å². The van der Waals surface area contributed by atoms with Gasteiger partial charge in [-0.15, -0.1) is 0 Å². The minimum absolute atomic E-state index is 0.904. The lowest BCUT2D eigenvalue weighted by Gasteiger charge is -2.14. The number of H-pyrrole nitrogens is 2. The zero-order valence-electron chi connectivity index (χ0n) is 17.4. The van der Waals surface area contributed by atoms with Crippen molar-refractivity contribution in [1.82, 2.24) is 25.1 Å². The summed E-state index contributed by atoms with van der Waals surface area (Å²) in [4.78, 5) is 13.1. The van der Waals surface area contributed by atoms with E-state index in [9.17, 15) is 0 Å². The molecule has 31 heavy (non-hydrogen) atoms. The molecule has 2 N–H and O–H groups in total. The third-order valence-electron chi connectivity index (χ3n) is 6.32. The second-order valence-electron chi connectivity index (χ2n) is 8.28. The van der Waals surface area contributed by atoms with Crippen molar-refractivity contribution < 1.29 is 0 Å². The molecule has 0 saturated carbocycles. The van der Waals surface area contributed by atoms with Crippen molar-refractivity contribution in [3.05, 3.63) is 77.7 Å². The first-order chi connectivity index (χ1) is 15.3. The molecule has 0 spiro atoms. The largest absolute Gasteiger partial charge is 0.357 e. The van der Waals surface area contributed by atoms with Gasteiger partial charge < -0.3 is 4.98 Å². The summed E-state index contributed by atoms with van der Waals surface area (Å²) in [7, 11) is 0. The Kier molecular flexibility index (Phi) is 4.20. The van der Waals surface area contributed by atoms with Gasteiger partial charge in [-0.2, -0.15) is 5.10 Å². The molecule has 0 amide bonds. The van der Waals surface area contributed by atoms with E-state index in [2.05, 4.69) is 51.4 Å². The maximum absolute atomic E-state index is 5.14. The molecular formula is C26H23N5. The van der Waals surface area contributed by atoms with E-state index in [0.717, 1.165) is 57.6 Å². The van der Waals surface area contributed by atoms with E-state index in [0.29, 0.717) is 0 Å². The molecule has 5 aromatic rings. The highest BCUT2D eigenvalue weighted by Gasteiger charge is 2.21. The molecule has 0 atom stereocenters. The predicted molar refractivity (Wildman–Crippen MR) is 124 cm³/mol. The van der Waals surface area contributed by atoms with Gasteiger partial charge in [0.15, 0.2) is 0 Å². The molecule has 0 saturated heterocycles. The number of hydrogen-bond donors (Lipinski definition) is 2. The highest BCUT2D eigenvalue weighted by Crippen LogP contribution is 2.36. The van der Waals surface area contributed by atoms with Gasteiger partial charge in [0, 0.05) is 34.4 Å². The SMILES string of the molecule is Cc1[nH]c(-c2cc3cnccc3c(-c3cc(-c4ccccc4)n[nH]3)n2)c2c1CCCC2. The molecule has 5 nitrogen and oxygen atoms in total. The number of fused-ring (bicyclic) bond motifs is 2. The molecule has 1 aliphatic rings. The maximum Gasteiger partial charge on any atom is 0.0968 e. The second-order valence-corrected chi connectivity index (χ2v) is 8.28. The molecule has 0 fully saturated rings. The van der Waals surface area contributed by atoms with Crippen LogP contribution in [-0.2, 0) is 12.8 Å². The Morgan fingerprint density at radius 2 is 1.74 bits per heavy atom. The highest BCUT2D eigenvalue weighted by atomic mass is 15.1. The number of aromatic nitrogens is 5. The van der Waals surface area contributed by atoms with Crippen molar-refractivity contribution in [3.8, 4) is 34.0 Å². The van der Waals surface area contributed by atoms with Gasteiger partial charge in [0.05, 0.1) is 28.5 Å².